The zero-order valence-corrected chi connectivity index (χ0v) is 19.3. The summed E-state index contributed by atoms with van der Waals surface area (Å²) >= 11 is 6.05. The van der Waals surface area contributed by atoms with Gasteiger partial charge in [0.2, 0.25) is 6.79 Å². The van der Waals surface area contributed by atoms with E-state index in [1.165, 1.54) is 0 Å². The third-order valence-electron chi connectivity index (χ3n) is 5.24. The predicted octanol–water partition coefficient (Wildman–Crippen LogP) is 4.63. The van der Waals surface area contributed by atoms with Gasteiger partial charge in [0, 0.05) is 38.4 Å². The summed E-state index contributed by atoms with van der Waals surface area (Å²) in [5.74, 6) is 2.31. The Morgan fingerprint density at radius 1 is 1.00 bits per heavy atom. The first-order valence-corrected chi connectivity index (χ1v) is 11.2. The number of fused-ring (bicyclic) bond motifs is 1. The van der Waals surface area contributed by atoms with Crippen LogP contribution >= 0.6 is 11.6 Å². The summed E-state index contributed by atoms with van der Waals surface area (Å²) in [5.41, 5.74) is 2.22. The van der Waals surface area contributed by atoms with E-state index >= 15 is 0 Å². The molecule has 33 heavy (non-hydrogen) atoms. The van der Waals surface area contributed by atoms with Gasteiger partial charge in [0.1, 0.15) is 5.76 Å². The van der Waals surface area contributed by atoms with Crippen LogP contribution in [0.3, 0.4) is 0 Å². The van der Waals surface area contributed by atoms with Crippen molar-refractivity contribution >= 4 is 17.5 Å². The van der Waals surface area contributed by atoms with E-state index in [0.717, 1.165) is 29.0 Å². The Bertz CT molecular complexity index is 1070. The van der Waals surface area contributed by atoms with Gasteiger partial charge >= 0.3 is 0 Å². The van der Waals surface area contributed by atoms with Crippen molar-refractivity contribution in [1.82, 2.24) is 10.2 Å². The lowest BCUT2D eigenvalue weighted by Crippen LogP contribution is -2.25. The maximum absolute atomic E-state index is 12.3. The van der Waals surface area contributed by atoms with E-state index in [4.69, 9.17) is 30.2 Å². The smallest absolute Gasteiger partial charge is 0.286 e. The van der Waals surface area contributed by atoms with E-state index in [9.17, 15) is 4.79 Å². The lowest BCUT2D eigenvalue weighted by atomic mass is 10.1. The molecule has 1 amide bonds. The van der Waals surface area contributed by atoms with Crippen molar-refractivity contribution in [2.75, 3.05) is 27.1 Å². The maximum Gasteiger partial charge on any atom is 0.286 e. The molecule has 0 saturated carbocycles. The number of amides is 1. The molecule has 7 nitrogen and oxygen atoms in total. The monoisotopic (exact) mass is 470 g/mol. The van der Waals surface area contributed by atoms with Crippen LogP contribution < -0.4 is 14.8 Å². The fourth-order valence-corrected chi connectivity index (χ4v) is 3.75. The topological polar surface area (TPSA) is 73.2 Å². The Morgan fingerprint density at radius 2 is 1.76 bits per heavy atom. The number of nitrogens with zero attached hydrogens (tertiary/aromatic N) is 1. The number of hydrogen-bond acceptors (Lipinski definition) is 6. The fraction of sp³-hybridized carbons (Fsp3) is 0.320. The first kappa shape index (κ1) is 23.2. The molecule has 1 N–H and O–H groups in total. The van der Waals surface area contributed by atoms with Crippen LogP contribution in [0, 0.1) is 0 Å². The number of rotatable bonds is 11. The van der Waals surface area contributed by atoms with E-state index in [1.807, 2.05) is 48.5 Å². The molecule has 0 fully saturated rings. The normalized spacial score (nSPS) is 12.3. The van der Waals surface area contributed by atoms with Gasteiger partial charge < -0.3 is 23.9 Å². The van der Waals surface area contributed by atoms with Crippen LogP contribution in [0.4, 0.5) is 0 Å². The molecule has 1 aliphatic heterocycles. The SMILES string of the molecule is COCCCNC(=O)c1ccc(CN(Cc2ccc(Cl)cc2)Cc2ccc3c(c2)OCO3)o1. The predicted molar refractivity (Wildman–Crippen MR) is 125 cm³/mol. The van der Waals surface area contributed by atoms with Crippen molar-refractivity contribution in [1.29, 1.82) is 0 Å². The molecule has 8 heteroatoms. The van der Waals surface area contributed by atoms with Crippen LogP contribution in [0.5, 0.6) is 11.5 Å². The molecule has 0 spiro atoms. The van der Waals surface area contributed by atoms with E-state index in [0.29, 0.717) is 49.3 Å². The van der Waals surface area contributed by atoms with Crippen LogP contribution in [-0.2, 0) is 24.4 Å². The first-order valence-electron chi connectivity index (χ1n) is 10.8. The minimum absolute atomic E-state index is 0.225. The lowest BCUT2D eigenvalue weighted by molar-refractivity contribution is 0.0916. The highest BCUT2D eigenvalue weighted by molar-refractivity contribution is 6.30. The third kappa shape index (κ3) is 6.51. The number of halogens is 1. The molecule has 1 aromatic heterocycles. The Kier molecular flexibility index (Phi) is 7.88. The zero-order chi connectivity index (χ0) is 23.0. The molecule has 1 aliphatic rings. The molecule has 0 radical (unpaired) electrons. The number of carbonyl (C=O) groups is 1. The first-order chi connectivity index (χ1) is 16.1. The Morgan fingerprint density at radius 3 is 2.58 bits per heavy atom. The third-order valence-corrected chi connectivity index (χ3v) is 5.49. The van der Waals surface area contributed by atoms with Gasteiger partial charge in [-0.15, -0.1) is 0 Å². The maximum atomic E-state index is 12.3. The van der Waals surface area contributed by atoms with Crippen LogP contribution in [-0.4, -0.2) is 37.9 Å². The second kappa shape index (κ2) is 11.2. The van der Waals surface area contributed by atoms with Crippen molar-refractivity contribution in [2.24, 2.45) is 0 Å². The molecule has 2 aromatic carbocycles. The van der Waals surface area contributed by atoms with E-state index in [-0.39, 0.29) is 12.7 Å². The van der Waals surface area contributed by atoms with E-state index in [1.54, 1.807) is 13.2 Å². The second-order valence-electron chi connectivity index (χ2n) is 7.83. The number of nitrogens with one attached hydrogen (secondary N) is 1. The average molecular weight is 471 g/mol. The minimum Gasteiger partial charge on any atom is -0.455 e. The molecule has 0 unspecified atom stereocenters. The summed E-state index contributed by atoms with van der Waals surface area (Å²) < 4.78 is 21.8. The van der Waals surface area contributed by atoms with Crippen LogP contribution in [0.2, 0.25) is 5.02 Å². The molecule has 0 aliphatic carbocycles. The number of ether oxygens (including phenoxy) is 3. The minimum atomic E-state index is -0.225. The van der Waals surface area contributed by atoms with E-state index in [2.05, 4.69) is 10.2 Å². The lowest BCUT2D eigenvalue weighted by Gasteiger charge is -2.22. The Labute approximate surface area is 198 Å². The molecule has 0 atom stereocenters. The van der Waals surface area contributed by atoms with Crippen LogP contribution in [0.15, 0.2) is 59.0 Å². The standard InChI is InChI=1S/C25H27ClN2O5/c1-30-12-2-11-27-25(29)23-10-8-21(33-23)16-28(14-18-3-6-20(26)7-4-18)15-19-5-9-22-24(13-19)32-17-31-22/h3-10,13H,2,11-12,14-17H2,1H3,(H,27,29). The van der Waals surface area contributed by atoms with Gasteiger partial charge in [0.25, 0.3) is 5.91 Å². The van der Waals surface area contributed by atoms with Gasteiger partial charge in [-0.05, 0) is 53.9 Å². The molecule has 3 aromatic rings. The van der Waals surface area contributed by atoms with Gasteiger partial charge in [-0.2, -0.15) is 0 Å². The van der Waals surface area contributed by atoms with Crippen molar-refractivity contribution in [3.63, 3.8) is 0 Å². The number of hydrogen-bond donors (Lipinski definition) is 1. The van der Waals surface area contributed by atoms with Crippen molar-refractivity contribution in [3.8, 4) is 11.5 Å². The summed E-state index contributed by atoms with van der Waals surface area (Å²) in [6.45, 7) is 3.27. The zero-order valence-electron chi connectivity index (χ0n) is 18.5. The number of benzene rings is 2. The summed E-state index contributed by atoms with van der Waals surface area (Å²) in [7, 11) is 1.64. The summed E-state index contributed by atoms with van der Waals surface area (Å²) in [4.78, 5) is 14.6. The number of furan rings is 1. The Balaban J connectivity index is 1.44. The quantitative estimate of drug-likeness (QED) is 0.412. The molecule has 2 heterocycles. The van der Waals surface area contributed by atoms with Gasteiger partial charge in [-0.1, -0.05) is 29.8 Å². The highest BCUT2D eigenvalue weighted by Crippen LogP contribution is 2.33. The Hall–Kier alpha value is -3.00. The number of methoxy groups -OCH3 is 1. The van der Waals surface area contributed by atoms with Gasteiger partial charge in [-0.3, -0.25) is 9.69 Å². The fourth-order valence-electron chi connectivity index (χ4n) is 3.62. The van der Waals surface area contributed by atoms with Gasteiger partial charge in [0.05, 0.1) is 6.54 Å². The van der Waals surface area contributed by atoms with Crippen molar-refractivity contribution in [3.05, 3.63) is 82.3 Å². The number of carbonyl (C=O) groups excluding carboxylic acids is 1. The largest absolute Gasteiger partial charge is 0.455 e. The molecule has 174 valence electrons. The molecule has 4 rings (SSSR count). The molecular formula is C25H27ClN2O5. The van der Waals surface area contributed by atoms with Crippen molar-refractivity contribution < 1.29 is 23.4 Å². The second-order valence-corrected chi connectivity index (χ2v) is 8.26. The van der Waals surface area contributed by atoms with Gasteiger partial charge in [0.15, 0.2) is 17.3 Å². The van der Waals surface area contributed by atoms with Crippen molar-refractivity contribution in [2.45, 2.75) is 26.1 Å². The summed E-state index contributed by atoms with van der Waals surface area (Å²) in [6.07, 6.45) is 0.750. The van der Waals surface area contributed by atoms with Crippen LogP contribution in [0.25, 0.3) is 0 Å². The molecule has 0 saturated heterocycles. The highest BCUT2D eigenvalue weighted by Gasteiger charge is 2.17. The summed E-state index contributed by atoms with van der Waals surface area (Å²) in [6, 6.07) is 17.3. The molecular weight excluding hydrogens is 444 g/mol. The summed E-state index contributed by atoms with van der Waals surface area (Å²) in [5, 5.41) is 3.55. The highest BCUT2D eigenvalue weighted by atomic mass is 35.5. The van der Waals surface area contributed by atoms with E-state index < -0.39 is 0 Å². The average Bonchev–Trinajstić information content (AvgIpc) is 3.47. The molecule has 0 bridgehead atoms. The van der Waals surface area contributed by atoms with Gasteiger partial charge in [-0.25, -0.2) is 0 Å². The van der Waals surface area contributed by atoms with Crippen LogP contribution in [0.1, 0.15) is 33.9 Å².